The first kappa shape index (κ1) is 11.7. The van der Waals surface area contributed by atoms with E-state index in [4.69, 9.17) is 4.98 Å². The van der Waals surface area contributed by atoms with Gasteiger partial charge in [0.25, 0.3) is 0 Å². The molecule has 0 spiro atoms. The van der Waals surface area contributed by atoms with Crippen LogP contribution in [0.2, 0.25) is 0 Å². The Kier molecular flexibility index (Phi) is 2.61. The number of pyridine rings is 1. The SMILES string of the molecule is OC1(c2ccc3ccccc3n2)CC2CCC(C1)S2. The van der Waals surface area contributed by atoms with Crippen LogP contribution in [0.15, 0.2) is 36.4 Å². The Morgan fingerprint density at radius 2 is 1.79 bits per heavy atom. The molecule has 98 valence electrons. The van der Waals surface area contributed by atoms with E-state index in [2.05, 4.69) is 23.9 Å². The van der Waals surface area contributed by atoms with Gasteiger partial charge in [-0.25, -0.2) is 4.98 Å². The van der Waals surface area contributed by atoms with Crippen molar-refractivity contribution in [3.05, 3.63) is 42.1 Å². The highest BCUT2D eigenvalue weighted by molar-refractivity contribution is 8.00. The van der Waals surface area contributed by atoms with Gasteiger partial charge in [-0.2, -0.15) is 11.8 Å². The van der Waals surface area contributed by atoms with Gasteiger partial charge in [0, 0.05) is 15.9 Å². The molecule has 3 heterocycles. The quantitative estimate of drug-likeness (QED) is 0.862. The standard InChI is InChI=1S/C16H17NOS/c18-16(9-12-6-7-13(10-16)19-12)15-8-5-11-3-1-2-4-14(11)17-15/h1-5,8,12-13,18H,6-7,9-10H2. The van der Waals surface area contributed by atoms with Gasteiger partial charge in [-0.1, -0.05) is 24.3 Å². The van der Waals surface area contributed by atoms with E-state index < -0.39 is 5.60 Å². The molecule has 2 aromatic rings. The third-order valence-corrected chi connectivity index (χ3v) is 5.98. The molecule has 2 saturated heterocycles. The fourth-order valence-electron chi connectivity index (χ4n) is 3.45. The van der Waals surface area contributed by atoms with Crippen molar-refractivity contribution < 1.29 is 5.11 Å². The first-order valence-corrected chi connectivity index (χ1v) is 7.91. The number of aromatic nitrogens is 1. The minimum absolute atomic E-state index is 0.622. The van der Waals surface area contributed by atoms with Crippen molar-refractivity contribution in [3.8, 4) is 0 Å². The van der Waals surface area contributed by atoms with Gasteiger partial charge in [0.1, 0.15) is 5.60 Å². The van der Waals surface area contributed by atoms with Gasteiger partial charge >= 0.3 is 0 Å². The van der Waals surface area contributed by atoms with Crippen LogP contribution < -0.4 is 0 Å². The average Bonchev–Trinajstić information content (AvgIpc) is 2.78. The van der Waals surface area contributed by atoms with Crippen LogP contribution in [-0.4, -0.2) is 20.6 Å². The smallest absolute Gasteiger partial charge is 0.109 e. The molecule has 0 radical (unpaired) electrons. The number of nitrogens with zero attached hydrogens (tertiary/aromatic N) is 1. The Hall–Kier alpha value is -1.06. The van der Waals surface area contributed by atoms with E-state index in [1.54, 1.807) is 0 Å². The van der Waals surface area contributed by atoms with Gasteiger partial charge in [0.15, 0.2) is 0 Å². The van der Waals surface area contributed by atoms with Crippen LogP contribution in [0.5, 0.6) is 0 Å². The molecule has 0 aliphatic carbocycles. The van der Waals surface area contributed by atoms with Crippen molar-refractivity contribution in [2.45, 2.75) is 41.8 Å². The first-order chi connectivity index (χ1) is 9.23. The highest BCUT2D eigenvalue weighted by atomic mass is 32.2. The fourth-order valence-corrected chi connectivity index (χ4v) is 5.28. The fraction of sp³-hybridized carbons (Fsp3) is 0.438. The van der Waals surface area contributed by atoms with E-state index in [1.165, 1.54) is 12.8 Å². The summed E-state index contributed by atoms with van der Waals surface area (Å²) in [5.41, 5.74) is 1.14. The number of rotatable bonds is 1. The lowest BCUT2D eigenvalue weighted by molar-refractivity contribution is 0.0157. The maximum atomic E-state index is 11.0. The van der Waals surface area contributed by atoms with Crippen LogP contribution in [-0.2, 0) is 5.60 Å². The summed E-state index contributed by atoms with van der Waals surface area (Å²) in [6.07, 6.45) is 4.23. The number of thioether (sulfide) groups is 1. The van der Waals surface area contributed by atoms with Crippen LogP contribution in [0.25, 0.3) is 10.9 Å². The third kappa shape index (κ3) is 1.96. The van der Waals surface area contributed by atoms with E-state index in [-0.39, 0.29) is 0 Å². The predicted molar refractivity (Wildman–Crippen MR) is 79.3 cm³/mol. The minimum Gasteiger partial charge on any atom is -0.383 e. The highest BCUT2D eigenvalue weighted by Crippen LogP contribution is 2.50. The van der Waals surface area contributed by atoms with E-state index in [0.717, 1.165) is 29.4 Å². The van der Waals surface area contributed by atoms with Gasteiger partial charge in [0.05, 0.1) is 11.2 Å². The molecule has 2 aliphatic rings. The van der Waals surface area contributed by atoms with Crippen molar-refractivity contribution in [1.82, 2.24) is 4.98 Å². The molecule has 0 saturated carbocycles. The lowest BCUT2D eigenvalue weighted by atomic mass is 9.89. The van der Waals surface area contributed by atoms with Gasteiger partial charge < -0.3 is 5.11 Å². The predicted octanol–water partition coefficient (Wildman–Crippen LogP) is 3.48. The van der Waals surface area contributed by atoms with Crippen LogP contribution in [0.1, 0.15) is 31.4 Å². The number of hydrogen-bond acceptors (Lipinski definition) is 3. The molecule has 4 rings (SSSR count). The zero-order chi connectivity index (χ0) is 12.9. The molecule has 2 aliphatic heterocycles. The second-order valence-corrected chi connectivity index (χ2v) is 7.39. The van der Waals surface area contributed by atoms with E-state index in [9.17, 15) is 5.11 Å². The zero-order valence-corrected chi connectivity index (χ0v) is 11.6. The Bertz CT molecular complexity index is 615. The van der Waals surface area contributed by atoms with Crippen molar-refractivity contribution in [2.24, 2.45) is 0 Å². The first-order valence-electron chi connectivity index (χ1n) is 6.97. The third-order valence-electron chi connectivity index (χ3n) is 4.40. The van der Waals surface area contributed by atoms with Gasteiger partial charge in [-0.3, -0.25) is 0 Å². The topological polar surface area (TPSA) is 33.1 Å². The summed E-state index contributed by atoms with van der Waals surface area (Å²) in [4.78, 5) is 4.71. The van der Waals surface area contributed by atoms with Crippen LogP contribution in [0.4, 0.5) is 0 Å². The maximum absolute atomic E-state index is 11.0. The van der Waals surface area contributed by atoms with Gasteiger partial charge in [-0.05, 0) is 37.8 Å². The largest absolute Gasteiger partial charge is 0.383 e. The second-order valence-electron chi connectivity index (χ2n) is 5.79. The Morgan fingerprint density at radius 1 is 1.05 bits per heavy atom. The van der Waals surface area contributed by atoms with Crippen molar-refractivity contribution in [3.63, 3.8) is 0 Å². The molecule has 2 unspecified atom stereocenters. The molecule has 2 atom stereocenters. The molecule has 0 amide bonds. The lowest BCUT2D eigenvalue weighted by Gasteiger charge is -2.35. The molecule has 19 heavy (non-hydrogen) atoms. The zero-order valence-electron chi connectivity index (χ0n) is 10.7. The average molecular weight is 271 g/mol. The van der Waals surface area contributed by atoms with E-state index in [1.807, 2.05) is 24.3 Å². The summed E-state index contributed by atoms with van der Waals surface area (Å²) in [6.45, 7) is 0. The number of fused-ring (bicyclic) bond motifs is 3. The van der Waals surface area contributed by atoms with Crippen molar-refractivity contribution >= 4 is 22.7 Å². The molecule has 2 nitrogen and oxygen atoms in total. The molecule has 1 aromatic carbocycles. The van der Waals surface area contributed by atoms with Crippen molar-refractivity contribution in [2.75, 3.05) is 0 Å². The molecule has 1 N–H and O–H groups in total. The molecule has 2 fully saturated rings. The van der Waals surface area contributed by atoms with Crippen LogP contribution >= 0.6 is 11.8 Å². The Balaban J connectivity index is 1.76. The summed E-state index contributed by atoms with van der Waals surface area (Å²) in [5, 5.41) is 13.4. The molecular formula is C16H17NOS. The Morgan fingerprint density at radius 3 is 2.58 bits per heavy atom. The molecular weight excluding hydrogens is 254 g/mol. The highest BCUT2D eigenvalue weighted by Gasteiger charge is 2.45. The van der Waals surface area contributed by atoms with E-state index in [0.29, 0.717) is 10.5 Å². The minimum atomic E-state index is -0.707. The normalized spacial score (nSPS) is 33.7. The summed E-state index contributed by atoms with van der Waals surface area (Å²) in [5.74, 6) is 0. The number of hydrogen-bond donors (Lipinski definition) is 1. The van der Waals surface area contributed by atoms with E-state index >= 15 is 0 Å². The van der Waals surface area contributed by atoms with Gasteiger partial charge in [0.2, 0.25) is 0 Å². The van der Waals surface area contributed by atoms with Crippen molar-refractivity contribution in [1.29, 1.82) is 0 Å². The number of para-hydroxylation sites is 1. The summed E-state index contributed by atoms with van der Waals surface area (Å²) in [6, 6.07) is 12.2. The maximum Gasteiger partial charge on any atom is 0.109 e. The monoisotopic (exact) mass is 271 g/mol. The second kappa shape index (κ2) is 4.22. The van der Waals surface area contributed by atoms with Crippen LogP contribution in [0.3, 0.4) is 0 Å². The summed E-state index contributed by atoms with van der Waals surface area (Å²) >= 11 is 2.07. The van der Waals surface area contributed by atoms with Crippen LogP contribution in [0, 0.1) is 0 Å². The Labute approximate surface area is 117 Å². The number of aliphatic hydroxyl groups is 1. The summed E-state index contributed by atoms with van der Waals surface area (Å²) in [7, 11) is 0. The number of benzene rings is 1. The summed E-state index contributed by atoms with van der Waals surface area (Å²) < 4.78 is 0. The van der Waals surface area contributed by atoms with Gasteiger partial charge in [-0.15, -0.1) is 0 Å². The molecule has 2 bridgehead atoms. The molecule has 1 aromatic heterocycles. The molecule has 3 heteroatoms. The lowest BCUT2D eigenvalue weighted by Crippen LogP contribution is -2.35.